The van der Waals surface area contributed by atoms with E-state index in [4.69, 9.17) is 0 Å². The van der Waals surface area contributed by atoms with Gasteiger partial charge in [0.25, 0.3) is 5.51 Å². The monoisotopic (exact) mass is 380 g/mol. The van der Waals surface area contributed by atoms with Crippen molar-refractivity contribution >= 4 is 44.2 Å². The van der Waals surface area contributed by atoms with E-state index in [0.29, 0.717) is 5.16 Å². The molecule has 3 rings (SSSR count). The third-order valence-corrected chi connectivity index (χ3v) is 5.16. The number of pyridine rings is 1. The van der Waals surface area contributed by atoms with Crippen LogP contribution in [0.3, 0.4) is 0 Å². The molecule has 0 saturated carbocycles. The number of nitrogens with zero attached hydrogens (tertiary/aromatic N) is 4. The van der Waals surface area contributed by atoms with Gasteiger partial charge < -0.3 is 0 Å². The van der Waals surface area contributed by atoms with E-state index in [-0.39, 0.29) is 10.7 Å². The second-order valence-corrected chi connectivity index (χ2v) is 7.42. The average molecular weight is 381 g/mol. The summed E-state index contributed by atoms with van der Waals surface area (Å²) >= 11 is 4.93. The van der Waals surface area contributed by atoms with Gasteiger partial charge in [-0.25, -0.2) is 19.9 Å². The molecule has 0 spiro atoms. The van der Waals surface area contributed by atoms with Crippen LogP contribution in [0.15, 0.2) is 56.1 Å². The van der Waals surface area contributed by atoms with Crippen LogP contribution in [0.1, 0.15) is 5.69 Å². The smallest absolute Gasteiger partial charge is 0.233 e. The van der Waals surface area contributed by atoms with Crippen LogP contribution < -0.4 is 4.72 Å². The molecule has 106 valence electrons. The fraction of sp³-hybridized carbons (Fsp3) is 0.0769. The van der Waals surface area contributed by atoms with Crippen molar-refractivity contribution in [2.75, 3.05) is 4.72 Å². The molecule has 0 aliphatic heterocycles. The maximum Gasteiger partial charge on any atom is 0.257 e. The summed E-state index contributed by atoms with van der Waals surface area (Å²) in [6, 6.07) is 3.80. The van der Waals surface area contributed by atoms with Crippen LogP contribution >= 0.6 is 38.3 Å². The minimum Gasteiger partial charge on any atom is -0.233 e. The van der Waals surface area contributed by atoms with Crippen LogP contribution in [-0.4, -0.2) is 19.9 Å². The lowest BCUT2D eigenvalue weighted by molar-refractivity contribution is 0.966. The molecule has 5 nitrogen and oxygen atoms in total. The fourth-order valence-electron chi connectivity index (χ4n) is 1.56. The highest BCUT2D eigenvalue weighted by atomic mass is 79.9. The zero-order valence-corrected chi connectivity index (χ0v) is 14.2. The number of aryl methyl sites for hydroxylation is 1. The Balaban J connectivity index is 1.89. The fourth-order valence-corrected chi connectivity index (χ4v) is 4.19. The van der Waals surface area contributed by atoms with Gasteiger partial charge in [-0.3, -0.25) is 0 Å². The Morgan fingerprint density at radius 3 is 2.71 bits per heavy atom. The molecule has 1 unspecified atom stereocenters. The first-order valence-electron chi connectivity index (χ1n) is 6.02. The molecule has 0 aromatic carbocycles. The molecule has 0 fully saturated rings. The first kappa shape index (κ1) is 14.4. The Bertz CT molecular complexity index is 747. The van der Waals surface area contributed by atoms with Gasteiger partial charge in [0.05, 0.1) is 10.6 Å². The number of hydrogen-bond donors (Lipinski definition) is 1. The predicted molar refractivity (Wildman–Crippen MR) is 88.6 cm³/mol. The third-order valence-electron chi connectivity index (χ3n) is 2.44. The van der Waals surface area contributed by atoms with Crippen molar-refractivity contribution in [3.63, 3.8) is 0 Å². The number of thiazole rings is 1. The molecule has 0 saturated heterocycles. The Hall–Kier alpha value is -1.51. The van der Waals surface area contributed by atoms with E-state index >= 15 is 0 Å². The first-order valence-corrected chi connectivity index (χ1v) is 8.98. The van der Waals surface area contributed by atoms with E-state index in [1.54, 1.807) is 24.7 Å². The summed E-state index contributed by atoms with van der Waals surface area (Å²) in [6.07, 6.45) is 5.22. The number of nitrogens with one attached hydrogen (secondary N) is 1. The molecule has 21 heavy (non-hydrogen) atoms. The minimum atomic E-state index is -0.219. The molecule has 0 aliphatic rings. The number of anilines is 1. The molecule has 0 amide bonds. The van der Waals surface area contributed by atoms with Crippen molar-refractivity contribution in [1.29, 1.82) is 0 Å². The van der Waals surface area contributed by atoms with Crippen molar-refractivity contribution in [3.05, 3.63) is 51.8 Å². The highest BCUT2D eigenvalue weighted by Crippen LogP contribution is 2.34. The van der Waals surface area contributed by atoms with E-state index in [1.807, 2.05) is 18.5 Å². The van der Waals surface area contributed by atoms with Gasteiger partial charge in [0.1, 0.15) is 10.7 Å². The van der Waals surface area contributed by atoms with E-state index in [1.165, 1.54) is 11.8 Å². The zero-order chi connectivity index (χ0) is 14.7. The zero-order valence-electron chi connectivity index (χ0n) is 11.0. The Kier molecular flexibility index (Phi) is 4.47. The molecule has 0 aliphatic carbocycles. The summed E-state index contributed by atoms with van der Waals surface area (Å²) in [5.41, 5.74) is 2.91. The van der Waals surface area contributed by atoms with Gasteiger partial charge in [-0.05, 0) is 46.7 Å². The molecular formula is C13H11BrN5S2+. The lowest BCUT2D eigenvalue weighted by Crippen LogP contribution is -1.94. The second-order valence-electron chi connectivity index (χ2n) is 4.10. The van der Waals surface area contributed by atoms with Crippen LogP contribution in [0.25, 0.3) is 0 Å². The molecule has 3 aromatic rings. The maximum absolute atomic E-state index is 4.44. The van der Waals surface area contributed by atoms with Crippen LogP contribution in [0.2, 0.25) is 0 Å². The highest BCUT2D eigenvalue weighted by molar-refractivity contribution is 9.10. The molecule has 3 heterocycles. The van der Waals surface area contributed by atoms with Gasteiger partial charge >= 0.3 is 0 Å². The van der Waals surface area contributed by atoms with Crippen LogP contribution in [0, 0.1) is 6.92 Å². The summed E-state index contributed by atoms with van der Waals surface area (Å²) in [7, 11) is -0.219. The molecule has 1 atom stereocenters. The van der Waals surface area contributed by atoms with Crippen LogP contribution in [0.4, 0.5) is 5.82 Å². The van der Waals surface area contributed by atoms with Gasteiger partial charge in [-0.15, -0.1) is 0 Å². The average Bonchev–Trinajstić information content (AvgIpc) is 2.88. The van der Waals surface area contributed by atoms with E-state index in [0.717, 1.165) is 20.9 Å². The number of halogens is 1. The molecule has 3 aromatic heterocycles. The highest BCUT2D eigenvalue weighted by Gasteiger charge is 2.14. The molecular weight excluding hydrogens is 370 g/mol. The molecule has 0 bridgehead atoms. The molecule has 8 heteroatoms. The normalized spacial score (nSPS) is 11.4. The lowest BCUT2D eigenvalue weighted by Gasteiger charge is -2.05. The van der Waals surface area contributed by atoms with Crippen molar-refractivity contribution in [2.24, 2.45) is 0 Å². The summed E-state index contributed by atoms with van der Waals surface area (Å²) in [4.78, 5) is 18.1. The van der Waals surface area contributed by atoms with E-state index in [9.17, 15) is 0 Å². The van der Waals surface area contributed by atoms with Crippen LogP contribution in [0.5, 0.6) is 0 Å². The number of hydrogen-bond acceptors (Lipinski definition) is 6. The minimum absolute atomic E-state index is 0.219. The Labute approximate surface area is 137 Å². The molecule has 0 radical (unpaired) electrons. The van der Waals surface area contributed by atoms with Crippen LogP contribution in [-0.2, 0) is 0 Å². The summed E-state index contributed by atoms with van der Waals surface area (Å²) in [6.45, 7) is 1.98. The largest absolute Gasteiger partial charge is 0.257 e. The molecule has 1 N–H and O–H groups in total. The van der Waals surface area contributed by atoms with Gasteiger partial charge in [-0.1, -0.05) is 0 Å². The SMILES string of the molecule is Cc1c[s+](Nc2ncc(Br)cc2Sc2ncccn2)cn1. The van der Waals surface area contributed by atoms with Crippen molar-refractivity contribution in [3.8, 4) is 0 Å². The standard InChI is InChI=1S/C13H11BrN5S2/c1-9-7-21(8-18-9)19-12-11(5-10(14)6-17-12)20-13-15-3-2-4-16-13/h2-8H,1H3,(H,17,19)/q+1. The van der Waals surface area contributed by atoms with E-state index in [2.05, 4.69) is 46.0 Å². The van der Waals surface area contributed by atoms with Gasteiger partial charge in [0.2, 0.25) is 0 Å². The summed E-state index contributed by atoms with van der Waals surface area (Å²) < 4.78 is 4.30. The van der Waals surface area contributed by atoms with Crippen molar-refractivity contribution in [1.82, 2.24) is 19.9 Å². The Morgan fingerprint density at radius 1 is 1.19 bits per heavy atom. The lowest BCUT2D eigenvalue weighted by atomic mass is 10.5. The second kappa shape index (κ2) is 6.50. The predicted octanol–water partition coefficient (Wildman–Crippen LogP) is 4.11. The third kappa shape index (κ3) is 3.78. The van der Waals surface area contributed by atoms with Gasteiger partial charge in [-0.2, -0.15) is 4.72 Å². The quantitative estimate of drug-likeness (QED) is 0.542. The summed E-state index contributed by atoms with van der Waals surface area (Å²) in [5, 5.41) is 2.77. The first-order chi connectivity index (χ1) is 10.2. The number of aromatic nitrogens is 4. The summed E-state index contributed by atoms with van der Waals surface area (Å²) in [5.74, 6) is 0.802. The number of rotatable bonds is 4. The van der Waals surface area contributed by atoms with Crippen molar-refractivity contribution < 1.29 is 0 Å². The van der Waals surface area contributed by atoms with Crippen molar-refractivity contribution in [2.45, 2.75) is 17.0 Å². The van der Waals surface area contributed by atoms with Gasteiger partial charge in [0, 0.05) is 23.1 Å². The maximum atomic E-state index is 4.44. The van der Waals surface area contributed by atoms with E-state index < -0.39 is 0 Å². The topological polar surface area (TPSA) is 63.6 Å². The Morgan fingerprint density at radius 2 is 2.00 bits per heavy atom. The van der Waals surface area contributed by atoms with Gasteiger partial charge in [0.15, 0.2) is 16.4 Å².